The summed E-state index contributed by atoms with van der Waals surface area (Å²) in [6, 6.07) is 16.3. The summed E-state index contributed by atoms with van der Waals surface area (Å²) in [4.78, 5) is 16.6. The zero-order valence-corrected chi connectivity index (χ0v) is 16.3. The summed E-state index contributed by atoms with van der Waals surface area (Å²) in [7, 11) is 4.55. The van der Waals surface area contributed by atoms with Crippen molar-refractivity contribution in [3.63, 3.8) is 0 Å². The van der Waals surface area contributed by atoms with Gasteiger partial charge in [0.25, 0.3) is 0 Å². The number of anilines is 1. The fourth-order valence-corrected chi connectivity index (χ4v) is 3.48. The second-order valence-electron chi connectivity index (χ2n) is 6.91. The van der Waals surface area contributed by atoms with Crippen LogP contribution in [0.1, 0.15) is 0 Å². The third kappa shape index (κ3) is 3.61. The van der Waals surface area contributed by atoms with E-state index < -0.39 is 0 Å². The van der Waals surface area contributed by atoms with Gasteiger partial charge in [-0.2, -0.15) is 0 Å². The molecule has 0 aliphatic carbocycles. The average molecular weight is 374 g/mol. The fourth-order valence-electron chi connectivity index (χ4n) is 3.48. The zero-order valence-electron chi connectivity index (χ0n) is 16.3. The van der Waals surface area contributed by atoms with Crippen molar-refractivity contribution in [1.82, 2.24) is 0 Å². The molecule has 5 nitrogen and oxygen atoms in total. The molecule has 1 aliphatic rings. The van der Waals surface area contributed by atoms with Crippen LogP contribution in [0.25, 0.3) is 17.4 Å². The second-order valence-corrected chi connectivity index (χ2v) is 6.91. The number of ether oxygens (including phenoxy) is 1. The van der Waals surface area contributed by atoms with E-state index in [1.807, 2.05) is 30.3 Å². The molecule has 0 radical (unpaired) electrons. The Bertz CT molecular complexity index is 1120. The van der Waals surface area contributed by atoms with Gasteiger partial charge in [-0.25, -0.2) is 14.8 Å². The van der Waals surface area contributed by atoms with Crippen molar-refractivity contribution in [1.29, 1.82) is 0 Å². The number of rotatable bonds is 7. The molecule has 0 bridgehead atoms. The second kappa shape index (κ2) is 8.04. The van der Waals surface area contributed by atoms with E-state index >= 15 is 0 Å². The Morgan fingerprint density at radius 3 is 2.75 bits per heavy atom. The molecule has 0 amide bonds. The number of nitrogens with zero attached hydrogens (tertiary/aromatic N) is 2. The Labute approximate surface area is 165 Å². The molecule has 0 N–H and O–H groups in total. The SMILES string of the molecule is C=c1cc2c(c3ccccc13)=Nc1ccc(N(C)CCBCOOC)cc1O2. The molecule has 1 heterocycles. The van der Waals surface area contributed by atoms with Crippen LogP contribution in [0.15, 0.2) is 53.5 Å². The van der Waals surface area contributed by atoms with Crippen LogP contribution >= 0.6 is 0 Å². The molecular formula is C22H23BN2O3. The van der Waals surface area contributed by atoms with Gasteiger partial charge in [0.1, 0.15) is 11.0 Å². The van der Waals surface area contributed by atoms with E-state index in [1.165, 1.54) is 7.11 Å². The van der Waals surface area contributed by atoms with Crippen LogP contribution in [0.3, 0.4) is 0 Å². The predicted octanol–water partition coefficient (Wildman–Crippen LogP) is 3.13. The molecule has 142 valence electrons. The average Bonchev–Trinajstić information content (AvgIpc) is 2.72. The van der Waals surface area contributed by atoms with Crippen LogP contribution in [-0.4, -0.2) is 34.5 Å². The highest BCUT2D eigenvalue weighted by atomic mass is 17.2. The summed E-state index contributed by atoms with van der Waals surface area (Å²) in [5.74, 6) is 1.53. The first-order chi connectivity index (χ1) is 13.7. The highest BCUT2D eigenvalue weighted by molar-refractivity contribution is 6.35. The van der Waals surface area contributed by atoms with Crippen molar-refractivity contribution < 1.29 is 14.5 Å². The molecule has 0 fully saturated rings. The van der Waals surface area contributed by atoms with Gasteiger partial charge < -0.3 is 9.64 Å². The fraction of sp³-hybridized carbons (Fsp3) is 0.227. The number of hydrogen-bond donors (Lipinski definition) is 0. The molecule has 0 spiro atoms. The summed E-state index contributed by atoms with van der Waals surface area (Å²) in [5.41, 5.74) is 1.95. The Balaban J connectivity index is 1.60. The lowest BCUT2D eigenvalue weighted by Gasteiger charge is -2.22. The van der Waals surface area contributed by atoms with Crippen molar-refractivity contribution in [2.45, 2.75) is 6.32 Å². The number of benzene rings is 3. The van der Waals surface area contributed by atoms with Crippen molar-refractivity contribution in [3.8, 4) is 11.5 Å². The Morgan fingerprint density at radius 2 is 1.93 bits per heavy atom. The first-order valence-corrected chi connectivity index (χ1v) is 9.45. The Morgan fingerprint density at radius 1 is 1.11 bits per heavy atom. The number of hydrogen-bond acceptors (Lipinski definition) is 5. The normalized spacial score (nSPS) is 11.9. The summed E-state index contributed by atoms with van der Waals surface area (Å²) in [6.07, 6.45) is 1.02. The Kier molecular flexibility index (Phi) is 5.32. The van der Waals surface area contributed by atoms with Gasteiger partial charge in [0, 0.05) is 30.7 Å². The quantitative estimate of drug-likeness (QED) is 0.216. The van der Waals surface area contributed by atoms with Crippen LogP contribution < -0.4 is 20.2 Å². The molecule has 0 aromatic heterocycles. The van der Waals surface area contributed by atoms with E-state index in [1.54, 1.807) is 0 Å². The van der Waals surface area contributed by atoms with Gasteiger partial charge in [-0.1, -0.05) is 37.2 Å². The third-order valence-corrected chi connectivity index (χ3v) is 4.99. The molecule has 0 atom stereocenters. The summed E-state index contributed by atoms with van der Waals surface area (Å²) in [6.45, 7) is 5.69. The maximum absolute atomic E-state index is 6.22. The lowest BCUT2D eigenvalue weighted by Crippen LogP contribution is -2.21. The minimum atomic E-state index is 0.606. The summed E-state index contributed by atoms with van der Waals surface area (Å²) >= 11 is 0. The molecule has 3 aromatic rings. The van der Waals surface area contributed by atoms with Crippen molar-refractivity contribution >= 4 is 36.0 Å². The largest absolute Gasteiger partial charge is 0.453 e. The van der Waals surface area contributed by atoms with Gasteiger partial charge in [0.2, 0.25) is 0 Å². The van der Waals surface area contributed by atoms with Crippen LogP contribution in [-0.2, 0) is 9.78 Å². The molecule has 0 saturated heterocycles. The van der Waals surface area contributed by atoms with Gasteiger partial charge in [0.05, 0.1) is 13.6 Å². The maximum atomic E-state index is 6.22. The third-order valence-electron chi connectivity index (χ3n) is 4.99. The molecule has 6 heteroatoms. The molecule has 3 aromatic carbocycles. The van der Waals surface area contributed by atoms with E-state index in [9.17, 15) is 0 Å². The van der Waals surface area contributed by atoms with E-state index in [0.29, 0.717) is 6.51 Å². The molecule has 4 rings (SSSR count). The molecular weight excluding hydrogens is 351 g/mol. The predicted molar refractivity (Wildman–Crippen MR) is 115 cm³/mol. The highest BCUT2D eigenvalue weighted by Crippen LogP contribution is 2.37. The van der Waals surface area contributed by atoms with Crippen molar-refractivity contribution in [3.05, 3.63) is 59.1 Å². The summed E-state index contributed by atoms with van der Waals surface area (Å²) in [5, 5.41) is 3.98. The molecule has 1 aliphatic heterocycles. The van der Waals surface area contributed by atoms with Crippen molar-refractivity contribution in [2.75, 3.05) is 32.1 Å². The Hall–Kier alpha value is -2.83. The van der Waals surface area contributed by atoms with Crippen LogP contribution in [0, 0.1) is 0 Å². The van der Waals surface area contributed by atoms with Gasteiger partial charge in [0.15, 0.2) is 18.8 Å². The van der Waals surface area contributed by atoms with E-state index in [-0.39, 0.29) is 0 Å². The first-order valence-electron chi connectivity index (χ1n) is 9.45. The monoisotopic (exact) mass is 374 g/mol. The molecule has 0 saturated carbocycles. The standard InChI is InChI=1S/C22H23BN2O3/c1-15-12-21-22(18-7-5-4-6-17(15)18)24-19-9-8-16(13-20(19)28-21)25(2)11-10-23-14-27-26-3/h4-9,12-13,23H,1,10-11,14H2,2-3H3. The lowest BCUT2D eigenvalue weighted by molar-refractivity contribution is -0.257. The number of fused-ring (bicyclic) bond motifs is 4. The first kappa shape index (κ1) is 18.5. The van der Waals surface area contributed by atoms with E-state index in [4.69, 9.17) is 14.6 Å². The van der Waals surface area contributed by atoms with E-state index in [2.05, 4.69) is 41.6 Å². The lowest BCUT2D eigenvalue weighted by atomic mass is 9.76. The molecule has 0 unspecified atom stereocenters. The van der Waals surface area contributed by atoms with Crippen molar-refractivity contribution in [2.24, 2.45) is 4.99 Å². The van der Waals surface area contributed by atoms with Crippen LogP contribution in [0.2, 0.25) is 6.32 Å². The minimum Gasteiger partial charge on any atom is -0.453 e. The highest BCUT2D eigenvalue weighted by Gasteiger charge is 2.16. The topological polar surface area (TPSA) is 43.3 Å². The summed E-state index contributed by atoms with van der Waals surface area (Å²) < 4.78 is 6.22. The van der Waals surface area contributed by atoms with Gasteiger partial charge >= 0.3 is 0 Å². The minimum absolute atomic E-state index is 0.606. The zero-order chi connectivity index (χ0) is 19.5. The van der Waals surface area contributed by atoms with Gasteiger partial charge in [-0.15, -0.1) is 0 Å². The molecule has 28 heavy (non-hydrogen) atoms. The van der Waals surface area contributed by atoms with Gasteiger partial charge in [-0.05, 0) is 28.8 Å². The smallest absolute Gasteiger partial charge is 0.159 e. The maximum Gasteiger partial charge on any atom is 0.159 e. The van der Waals surface area contributed by atoms with Crippen LogP contribution in [0.5, 0.6) is 11.5 Å². The van der Waals surface area contributed by atoms with Gasteiger partial charge in [-0.3, -0.25) is 0 Å². The van der Waals surface area contributed by atoms with Crippen LogP contribution in [0.4, 0.5) is 11.4 Å². The van der Waals surface area contributed by atoms with E-state index in [0.717, 1.165) is 64.4 Å².